The molecule has 0 aliphatic carbocycles. The molecule has 2 N–H and O–H groups in total. The van der Waals surface area contributed by atoms with Gasteiger partial charge in [-0.3, -0.25) is 19.2 Å². The molecule has 0 rings (SSSR count). The molecule has 4 atom stereocenters. The van der Waals surface area contributed by atoms with Crippen LogP contribution in [0.5, 0.6) is 0 Å². The molecule has 0 spiro atoms. The van der Waals surface area contributed by atoms with Gasteiger partial charge >= 0.3 is 17.9 Å². The van der Waals surface area contributed by atoms with Gasteiger partial charge in [-0.1, -0.05) is 0 Å². The van der Waals surface area contributed by atoms with Crippen LogP contribution in [0.25, 0.3) is 0 Å². The Kier molecular flexibility index (Phi) is 8.48. The first-order chi connectivity index (χ1) is 10.0. The van der Waals surface area contributed by atoms with Crippen LogP contribution >= 0.6 is 22.6 Å². The number of hydrogen-bond acceptors (Lipinski definition) is 9. The summed E-state index contributed by atoms with van der Waals surface area (Å²) in [4.78, 5) is 44.0. The molecule has 126 valence electrons. The van der Waals surface area contributed by atoms with Crippen molar-refractivity contribution < 1.29 is 43.6 Å². The summed E-state index contributed by atoms with van der Waals surface area (Å²) in [5.41, 5.74) is 0. The van der Waals surface area contributed by atoms with Crippen molar-refractivity contribution in [2.75, 3.05) is 6.61 Å². The van der Waals surface area contributed by atoms with Crippen molar-refractivity contribution in [1.82, 2.24) is 0 Å². The van der Waals surface area contributed by atoms with Crippen molar-refractivity contribution in [2.45, 2.75) is 42.7 Å². The Morgan fingerprint density at radius 1 is 1.14 bits per heavy atom. The van der Waals surface area contributed by atoms with Gasteiger partial charge in [0.05, 0.1) is 0 Å². The molecule has 9 nitrogen and oxygen atoms in total. The lowest BCUT2D eigenvalue weighted by Gasteiger charge is -2.34. The fraction of sp³-hybridized carbons (Fsp3) is 0.667. The second kappa shape index (κ2) is 9.00. The van der Waals surface area contributed by atoms with E-state index in [1.165, 1.54) is 22.6 Å². The smallest absolute Gasteiger partial charge is 0.303 e. The third-order valence-corrected chi connectivity index (χ3v) is 3.16. The van der Waals surface area contributed by atoms with Gasteiger partial charge in [0, 0.05) is 20.8 Å². The van der Waals surface area contributed by atoms with Gasteiger partial charge in [0.25, 0.3) is 0 Å². The number of halogens is 1. The molecule has 22 heavy (non-hydrogen) atoms. The van der Waals surface area contributed by atoms with E-state index in [9.17, 15) is 29.4 Å². The SMILES string of the molecule is CC(=O)OC[C@@H](O)[C@@H](OC(C)=O)[C@H](OC(C)=O)[C@](O)(I)C=O. The highest BCUT2D eigenvalue weighted by atomic mass is 127. The molecule has 10 heteroatoms. The zero-order valence-corrected chi connectivity index (χ0v) is 14.3. The number of esters is 3. The lowest BCUT2D eigenvalue weighted by Crippen LogP contribution is -2.55. The van der Waals surface area contributed by atoms with Crippen molar-refractivity contribution in [1.29, 1.82) is 0 Å². The van der Waals surface area contributed by atoms with Crippen molar-refractivity contribution in [2.24, 2.45) is 0 Å². The first-order valence-corrected chi connectivity index (χ1v) is 7.12. The predicted octanol–water partition coefficient (Wildman–Crippen LogP) is -0.904. The van der Waals surface area contributed by atoms with Gasteiger partial charge in [0.2, 0.25) is 3.61 Å². The zero-order chi connectivity index (χ0) is 17.5. The number of aliphatic hydroxyl groups excluding tert-OH is 1. The number of aldehydes is 1. The van der Waals surface area contributed by atoms with Gasteiger partial charge in [-0.15, -0.1) is 0 Å². The van der Waals surface area contributed by atoms with Gasteiger partial charge in [0.1, 0.15) is 12.7 Å². The summed E-state index contributed by atoms with van der Waals surface area (Å²) in [6.45, 7) is 2.53. The minimum atomic E-state index is -2.26. The molecule has 0 aliphatic heterocycles. The van der Waals surface area contributed by atoms with Crippen molar-refractivity contribution in [3.8, 4) is 0 Å². The third-order valence-electron chi connectivity index (χ3n) is 2.29. The molecule has 0 amide bonds. The number of alkyl halides is 1. The predicted molar refractivity (Wildman–Crippen MR) is 78.8 cm³/mol. The molecule has 0 aromatic rings. The van der Waals surface area contributed by atoms with E-state index in [0.717, 1.165) is 20.8 Å². The van der Waals surface area contributed by atoms with Crippen LogP contribution in [-0.2, 0) is 33.4 Å². The maximum absolute atomic E-state index is 11.1. The second-order valence-electron chi connectivity index (χ2n) is 4.32. The van der Waals surface area contributed by atoms with E-state index < -0.39 is 46.4 Å². The van der Waals surface area contributed by atoms with Crippen LogP contribution in [0.3, 0.4) is 0 Å². The van der Waals surface area contributed by atoms with Gasteiger partial charge in [0.15, 0.2) is 18.5 Å². The van der Waals surface area contributed by atoms with E-state index in [4.69, 9.17) is 9.47 Å². The summed E-state index contributed by atoms with van der Waals surface area (Å²) in [5.74, 6) is -2.44. The second-order valence-corrected chi connectivity index (χ2v) is 6.05. The summed E-state index contributed by atoms with van der Waals surface area (Å²) in [6.07, 6.45) is -4.88. The Morgan fingerprint density at radius 2 is 1.64 bits per heavy atom. The van der Waals surface area contributed by atoms with E-state index in [0.29, 0.717) is 0 Å². The summed E-state index contributed by atoms with van der Waals surface area (Å²) in [7, 11) is 0. The number of hydrogen-bond donors (Lipinski definition) is 2. The van der Waals surface area contributed by atoms with Gasteiger partial charge in [-0.2, -0.15) is 0 Å². The molecule has 0 saturated carbocycles. The molecule has 0 aromatic carbocycles. The van der Waals surface area contributed by atoms with Gasteiger partial charge in [-0.25, -0.2) is 0 Å². The van der Waals surface area contributed by atoms with E-state index in [1.807, 2.05) is 0 Å². The van der Waals surface area contributed by atoms with Crippen LogP contribution in [0.4, 0.5) is 0 Å². The van der Waals surface area contributed by atoms with Crippen molar-refractivity contribution >= 4 is 46.8 Å². The molecule has 0 aliphatic rings. The monoisotopic (exact) mass is 432 g/mol. The van der Waals surface area contributed by atoms with Crippen molar-refractivity contribution in [3.05, 3.63) is 0 Å². The van der Waals surface area contributed by atoms with Gasteiger partial charge < -0.3 is 24.4 Å². The van der Waals surface area contributed by atoms with Crippen LogP contribution in [0, 0.1) is 0 Å². The maximum atomic E-state index is 11.1. The summed E-state index contributed by atoms with van der Waals surface area (Å²) in [5, 5.41) is 19.9. The molecule has 0 bridgehead atoms. The quantitative estimate of drug-likeness (QED) is 0.164. The Bertz CT molecular complexity index is 434. The third kappa shape index (κ3) is 7.13. The Balaban J connectivity index is 5.44. The Hall–Kier alpha value is -1.27. The summed E-state index contributed by atoms with van der Waals surface area (Å²) in [6, 6.07) is 0. The topological polar surface area (TPSA) is 136 Å². The molecule has 0 heterocycles. The Morgan fingerprint density at radius 3 is 2.00 bits per heavy atom. The highest BCUT2D eigenvalue weighted by Crippen LogP contribution is 2.27. The van der Waals surface area contributed by atoms with E-state index in [1.54, 1.807) is 0 Å². The fourth-order valence-electron chi connectivity index (χ4n) is 1.46. The zero-order valence-electron chi connectivity index (χ0n) is 12.1. The minimum absolute atomic E-state index is 0.0657. The van der Waals surface area contributed by atoms with Gasteiger partial charge in [-0.05, 0) is 22.6 Å². The molecule has 0 unspecified atom stereocenters. The highest BCUT2D eigenvalue weighted by Gasteiger charge is 2.47. The molecular formula is C12H17IO9. The van der Waals surface area contributed by atoms with Crippen LogP contribution in [0.2, 0.25) is 0 Å². The van der Waals surface area contributed by atoms with E-state index in [-0.39, 0.29) is 6.29 Å². The highest BCUT2D eigenvalue weighted by molar-refractivity contribution is 14.1. The number of carbonyl (C=O) groups excluding carboxylic acids is 4. The average Bonchev–Trinajstić information content (AvgIpc) is 2.39. The van der Waals surface area contributed by atoms with Crippen LogP contribution in [-0.4, -0.2) is 62.9 Å². The first kappa shape index (κ1) is 20.7. The molecular weight excluding hydrogens is 415 g/mol. The molecule has 0 aromatic heterocycles. The van der Waals surface area contributed by atoms with E-state index in [2.05, 4.69) is 4.74 Å². The number of aliphatic hydroxyl groups is 2. The molecule has 0 saturated heterocycles. The number of carbonyl (C=O) groups is 4. The fourth-order valence-corrected chi connectivity index (χ4v) is 1.94. The van der Waals surface area contributed by atoms with Crippen LogP contribution in [0.1, 0.15) is 20.8 Å². The van der Waals surface area contributed by atoms with Crippen LogP contribution < -0.4 is 0 Å². The largest absolute Gasteiger partial charge is 0.463 e. The maximum Gasteiger partial charge on any atom is 0.303 e. The van der Waals surface area contributed by atoms with Crippen molar-refractivity contribution in [3.63, 3.8) is 0 Å². The number of ether oxygens (including phenoxy) is 3. The standard InChI is InChI=1S/C12H17IO9/c1-6(15)20-4-9(18)10(21-7(2)16)11(22-8(3)17)12(13,19)5-14/h5,9-11,18-19H,4H2,1-3H3/t9-,10-,11+,12+/m1/s1. The minimum Gasteiger partial charge on any atom is -0.463 e. The first-order valence-electron chi connectivity index (χ1n) is 6.04. The molecule has 0 radical (unpaired) electrons. The molecule has 0 fully saturated rings. The lowest BCUT2D eigenvalue weighted by molar-refractivity contribution is -0.191. The van der Waals surface area contributed by atoms with E-state index >= 15 is 0 Å². The lowest BCUT2D eigenvalue weighted by atomic mass is 10.0. The normalized spacial score (nSPS) is 17.4. The average molecular weight is 432 g/mol. The Labute approximate surface area is 140 Å². The summed E-state index contributed by atoms with van der Waals surface area (Å²) < 4.78 is 11.9. The number of rotatable bonds is 8. The summed E-state index contributed by atoms with van der Waals surface area (Å²) >= 11 is 1.27. The van der Waals surface area contributed by atoms with Crippen LogP contribution in [0.15, 0.2) is 0 Å².